The third kappa shape index (κ3) is 4.42. The summed E-state index contributed by atoms with van der Waals surface area (Å²) in [6.45, 7) is 4.44. The molecule has 2 aromatic carbocycles. The van der Waals surface area contributed by atoms with Crippen LogP contribution in [0.4, 0.5) is 5.82 Å². The Morgan fingerprint density at radius 1 is 1.16 bits per heavy atom. The summed E-state index contributed by atoms with van der Waals surface area (Å²) in [5, 5.41) is 0.986. The van der Waals surface area contributed by atoms with Crippen LogP contribution >= 0.6 is 7.82 Å². The number of nitrogens with two attached hydrogens (primary N) is 1. The normalized spacial score (nSPS) is 12.0. The third-order valence-corrected chi connectivity index (χ3v) is 5.68. The molecule has 8 nitrogen and oxygen atoms in total. The summed E-state index contributed by atoms with van der Waals surface area (Å²) in [6, 6.07) is 13.1. The van der Waals surface area contributed by atoms with E-state index in [0.717, 1.165) is 47.1 Å². The number of nitrogens with zero attached hydrogens (tertiary/aromatic N) is 3. The predicted molar refractivity (Wildman–Crippen MR) is 121 cm³/mol. The van der Waals surface area contributed by atoms with Crippen LogP contribution in [0.1, 0.15) is 36.7 Å². The Balaban J connectivity index is 1.84. The minimum Gasteiger partial charge on any atom is -0.404 e. The van der Waals surface area contributed by atoms with Gasteiger partial charge in [-0.15, -0.1) is 0 Å². The van der Waals surface area contributed by atoms with Crippen LogP contribution < -0.4 is 10.3 Å². The Morgan fingerprint density at radius 2 is 1.94 bits per heavy atom. The molecule has 162 valence electrons. The molecule has 9 heteroatoms. The molecular weight excluding hydrogens is 415 g/mol. The number of hydrogen-bond acceptors (Lipinski definition) is 5. The maximum absolute atomic E-state index is 11.2. The molecule has 0 amide bonds. The summed E-state index contributed by atoms with van der Waals surface area (Å²) in [7, 11) is -4.61. The van der Waals surface area contributed by atoms with E-state index in [1.54, 1.807) is 19.1 Å². The molecule has 4 aromatic rings. The van der Waals surface area contributed by atoms with E-state index in [4.69, 9.17) is 25.0 Å². The van der Waals surface area contributed by atoms with Crippen LogP contribution in [0.15, 0.2) is 42.5 Å². The van der Waals surface area contributed by atoms with Gasteiger partial charge in [0.2, 0.25) is 0 Å². The van der Waals surface area contributed by atoms with Crippen LogP contribution in [0.2, 0.25) is 0 Å². The number of nitrogen functional groups attached to an aromatic ring is 1. The van der Waals surface area contributed by atoms with Crippen molar-refractivity contribution in [2.45, 2.75) is 39.7 Å². The average molecular weight is 440 g/mol. The number of rotatable bonds is 7. The molecule has 2 heterocycles. The van der Waals surface area contributed by atoms with Crippen molar-refractivity contribution < 1.29 is 18.9 Å². The molecule has 0 aliphatic rings. The number of imidazole rings is 1. The number of phosphoric acid groups is 1. The number of benzene rings is 2. The fourth-order valence-electron chi connectivity index (χ4n) is 3.82. The summed E-state index contributed by atoms with van der Waals surface area (Å²) in [5.41, 5.74) is 10.3. The van der Waals surface area contributed by atoms with Crippen molar-refractivity contribution in [3.05, 3.63) is 59.4 Å². The van der Waals surface area contributed by atoms with Gasteiger partial charge in [0.05, 0.1) is 11.0 Å². The molecule has 2 aromatic heterocycles. The fraction of sp³-hybridized carbons (Fsp3) is 0.273. The standard InChI is InChI=1S/C22H25N4O4P/c1-3-4-9-19-25-20-21(16-7-5-6-8-17(16)24-22(20)23)26(19)13-15-10-11-18(14(2)12-15)30-31(27,28)29/h5-8,10-12H,3-4,9,13H2,1-2H3,(H2,23,24)(H2,27,28,29). The minimum atomic E-state index is -4.61. The van der Waals surface area contributed by atoms with Crippen molar-refractivity contribution in [3.8, 4) is 5.75 Å². The first-order valence-corrected chi connectivity index (χ1v) is 11.7. The second kappa shape index (κ2) is 8.30. The van der Waals surface area contributed by atoms with E-state index in [0.29, 0.717) is 23.4 Å². The van der Waals surface area contributed by atoms with E-state index >= 15 is 0 Å². The Kier molecular flexibility index (Phi) is 5.71. The first-order valence-electron chi connectivity index (χ1n) is 10.1. The van der Waals surface area contributed by atoms with Crippen LogP contribution in [0.3, 0.4) is 0 Å². The number of anilines is 1. The fourth-order valence-corrected chi connectivity index (χ4v) is 4.29. The van der Waals surface area contributed by atoms with Gasteiger partial charge in [-0.05, 0) is 36.6 Å². The van der Waals surface area contributed by atoms with Crippen LogP contribution in [-0.2, 0) is 17.5 Å². The lowest BCUT2D eigenvalue weighted by atomic mass is 10.1. The van der Waals surface area contributed by atoms with Crippen molar-refractivity contribution in [2.24, 2.45) is 0 Å². The number of phosphoric ester groups is 1. The molecule has 0 radical (unpaired) electrons. The van der Waals surface area contributed by atoms with Crippen molar-refractivity contribution in [1.82, 2.24) is 14.5 Å². The smallest absolute Gasteiger partial charge is 0.404 e. The number of unbranched alkanes of at least 4 members (excludes halogenated alkanes) is 1. The van der Waals surface area contributed by atoms with Gasteiger partial charge in [-0.3, -0.25) is 9.79 Å². The summed E-state index contributed by atoms with van der Waals surface area (Å²) in [5.74, 6) is 1.51. The summed E-state index contributed by atoms with van der Waals surface area (Å²) in [6.07, 6.45) is 2.87. The van der Waals surface area contributed by atoms with Gasteiger partial charge in [0.25, 0.3) is 0 Å². The molecule has 0 aliphatic carbocycles. The number of pyridine rings is 1. The van der Waals surface area contributed by atoms with Crippen LogP contribution in [-0.4, -0.2) is 24.3 Å². The zero-order chi connectivity index (χ0) is 22.2. The van der Waals surface area contributed by atoms with Gasteiger partial charge < -0.3 is 14.8 Å². The third-order valence-electron chi connectivity index (χ3n) is 5.24. The lowest BCUT2D eigenvalue weighted by Gasteiger charge is -2.14. The molecule has 0 aliphatic heterocycles. The highest BCUT2D eigenvalue weighted by molar-refractivity contribution is 7.46. The van der Waals surface area contributed by atoms with Gasteiger partial charge in [0.15, 0.2) is 5.82 Å². The Hall–Kier alpha value is -2.93. The number of fused-ring (bicyclic) bond motifs is 3. The largest absolute Gasteiger partial charge is 0.524 e. The SMILES string of the molecule is CCCCc1nc2c(N)nc3ccccc3c2n1Cc1ccc(OP(=O)(O)O)c(C)c1. The monoisotopic (exact) mass is 440 g/mol. The van der Waals surface area contributed by atoms with Crippen LogP contribution in [0.5, 0.6) is 5.75 Å². The van der Waals surface area contributed by atoms with Gasteiger partial charge in [-0.2, -0.15) is 0 Å². The van der Waals surface area contributed by atoms with E-state index in [9.17, 15) is 4.57 Å². The predicted octanol–water partition coefficient (Wildman–Crippen LogP) is 4.34. The van der Waals surface area contributed by atoms with Gasteiger partial charge in [-0.1, -0.05) is 43.7 Å². The zero-order valence-electron chi connectivity index (χ0n) is 17.4. The van der Waals surface area contributed by atoms with E-state index in [-0.39, 0.29) is 5.75 Å². The molecular formula is C22H25N4O4P. The number of aromatic nitrogens is 3. The second-order valence-corrected chi connectivity index (χ2v) is 8.77. The maximum atomic E-state index is 11.2. The van der Waals surface area contributed by atoms with Gasteiger partial charge in [0.1, 0.15) is 17.1 Å². The highest BCUT2D eigenvalue weighted by Gasteiger charge is 2.19. The molecule has 31 heavy (non-hydrogen) atoms. The Labute approximate surface area is 179 Å². The van der Waals surface area contributed by atoms with Crippen LogP contribution in [0, 0.1) is 6.92 Å². The topological polar surface area (TPSA) is 123 Å². The molecule has 0 atom stereocenters. The van der Waals surface area contributed by atoms with Gasteiger partial charge in [0, 0.05) is 18.4 Å². The van der Waals surface area contributed by atoms with Gasteiger partial charge in [-0.25, -0.2) is 14.5 Å². The first-order chi connectivity index (χ1) is 14.8. The second-order valence-electron chi connectivity index (χ2n) is 7.61. The quantitative estimate of drug-likeness (QED) is 0.365. The highest BCUT2D eigenvalue weighted by atomic mass is 31.2. The van der Waals surface area contributed by atoms with E-state index in [1.165, 1.54) is 0 Å². The number of aryl methyl sites for hydroxylation is 2. The van der Waals surface area contributed by atoms with Crippen molar-refractivity contribution in [1.29, 1.82) is 0 Å². The lowest BCUT2D eigenvalue weighted by molar-refractivity contribution is 0.282. The average Bonchev–Trinajstić information content (AvgIpc) is 3.07. The van der Waals surface area contributed by atoms with E-state index < -0.39 is 7.82 Å². The lowest BCUT2D eigenvalue weighted by Crippen LogP contribution is -2.06. The molecule has 0 saturated heterocycles. The molecule has 4 N–H and O–H groups in total. The van der Waals surface area contributed by atoms with E-state index in [1.807, 2.05) is 30.3 Å². The van der Waals surface area contributed by atoms with Crippen LogP contribution in [0.25, 0.3) is 21.9 Å². The Morgan fingerprint density at radius 3 is 2.65 bits per heavy atom. The first kappa shape index (κ1) is 21.3. The molecule has 0 bridgehead atoms. The summed E-state index contributed by atoms with van der Waals surface area (Å²) in [4.78, 5) is 27.5. The van der Waals surface area contributed by atoms with Crippen molar-refractivity contribution in [3.63, 3.8) is 0 Å². The van der Waals surface area contributed by atoms with Gasteiger partial charge >= 0.3 is 7.82 Å². The molecule has 0 fully saturated rings. The van der Waals surface area contributed by atoms with E-state index in [2.05, 4.69) is 16.5 Å². The van der Waals surface area contributed by atoms with Crippen molar-refractivity contribution >= 4 is 35.6 Å². The molecule has 0 spiro atoms. The summed E-state index contributed by atoms with van der Waals surface area (Å²) >= 11 is 0. The molecule has 0 unspecified atom stereocenters. The number of hydrogen-bond donors (Lipinski definition) is 3. The van der Waals surface area contributed by atoms with Crippen molar-refractivity contribution in [2.75, 3.05) is 5.73 Å². The minimum absolute atomic E-state index is 0.165. The highest BCUT2D eigenvalue weighted by Crippen LogP contribution is 2.39. The zero-order valence-corrected chi connectivity index (χ0v) is 18.3. The summed E-state index contributed by atoms with van der Waals surface area (Å²) < 4.78 is 18.1. The molecule has 0 saturated carbocycles. The molecule has 4 rings (SSSR count). The maximum Gasteiger partial charge on any atom is 0.524 e. The number of para-hydroxylation sites is 1. The Bertz CT molecular complexity index is 1310.